The summed E-state index contributed by atoms with van der Waals surface area (Å²) in [5.74, 6) is 1.48. The predicted octanol–water partition coefficient (Wildman–Crippen LogP) is 2.72. The van der Waals surface area contributed by atoms with Gasteiger partial charge in [-0.2, -0.15) is 0 Å². The highest BCUT2D eigenvalue weighted by molar-refractivity contribution is 4.80. The number of aliphatic hydroxyl groups is 1. The third-order valence-corrected chi connectivity index (χ3v) is 5.07. The van der Waals surface area contributed by atoms with Crippen LogP contribution in [-0.4, -0.2) is 36.5 Å². The number of rotatable bonds is 7. The lowest BCUT2D eigenvalue weighted by molar-refractivity contribution is -0.0460. The molecule has 0 heterocycles. The van der Waals surface area contributed by atoms with Gasteiger partial charge in [-0.3, -0.25) is 0 Å². The van der Waals surface area contributed by atoms with Gasteiger partial charge in [-0.25, -0.2) is 0 Å². The van der Waals surface area contributed by atoms with Crippen LogP contribution in [-0.2, 0) is 4.74 Å². The van der Waals surface area contributed by atoms with Gasteiger partial charge in [-0.15, -0.1) is 0 Å². The maximum Gasteiger partial charge on any atom is 0.0897 e. The van der Waals surface area contributed by atoms with Gasteiger partial charge in [0.25, 0.3) is 0 Å². The van der Waals surface area contributed by atoms with Gasteiger partial charge in [-0.1, -0.05) is 26.2 Å². The van der Waals surface area contributed by atoms with E-state index in [1.807, 2.05) is 0 Å². The van der Waals surface area contributed by atoms with E-state index < -0.39 is 0 Å². The Morgan fingerprint density at radius 2 is 1.89 bits per heavy atom. The summed E-state index contributed by atoms with van der Waals surface area (Å²) in [6.07, 6.45) is 9.13. The van der Waals surface area contributed by atoms with Crippen molar-refractivity contribution in [1.82, 2.24) is 5.32 Å². The lowest BCUT2D eigenvalue weighted by Gasteiger charge is -2.33. The average Bonchev–Trinajstić information content (AvgIpc) is 2.33. The zero-order valence-corrected chi connectivity index (χ0v) is 12.6. The second kappa shape index (κ2) is 7.61. The van der Waals surface area contributed by atoms with Crippen molar-refractivity contribution in [1.29, 1.82) is 0 Å². The fourth-order valence-corrected chi connectivity index (χ4v) is 3.25. The number of hydrogen-bond acceptors (Lipinski definition) is 3. The Kier molecular flexibility index (Phi) is 6.11. The molecule has 3 nitrogen and oxygen atoms in total. The molecule has 0 saturated heterocycles. The maximum atomic E-state index is 10.00. The normalized spacial score (nSPS) is 31.7. The molecule has 2 saturated carbocycles. The molecule has 112 valence electrons. The van der Waals surface area contributed by atoms with Crippen LogP contribution in [0.1, 0.15) is 58.8 Å². The van der Waals surface area contributed by atoms with E-state index in [0.717, 1.165) is 5.92 Å². The summed E-state index contributed by atoms with van der Waals surface area (Å²) in [6, 6.07) is 0.539. The number of ether oxygens (including phenoxy) is 1. The van der Waals surface area contributed by atoms with Crippen molar-refractivity contribution >= 4 is 0 Å². The van der Waals surface area contributed by atoms with Crippen molar-refractivity contribution in [3.63, 3.8) is 0 Å². The van der Waals surface area contributed by atoms with Crippen LogP contribution < -0.4 is 5.32 Å². The van der Waals surface area contributed by atoms with Crippen molar-refractivity contribution in [3.8, 4) is 0 Å². The van der Waals surface area contributed by atoms with E-state index in [2.05, 4.69) is 19.2 Å². The van der Waals surface area contributed by atoms with Crippen molar-refractivity contribution in [3.05, 3.63) is 0 Å². The Morgan fingerprint density at radius 1 is 1.16 bits per heavy atom. The van der Waals surface area contributed by atoms with Crippen molar-refractivity contribution in [2.45, 2.75) is 77.0 Å². The fourth-order valence-electron chi connectivity index (χ4n) is 3.25. The Balaban J connectivity index is 1.57. The molecule has 0 aromatic carbocycles. The molecular formula is C16H31NO2. The third-order valence-electron chi connectivity index (χ3n) is 5.07. The van der Waals surface area contributed by atoms with Gasteiger partial charge >= 0.3 is 0 Å². The molecule has 4 atom stereocenters. The highest BCUT2D eigenvalue weighted by Crippen LogP contribution is 2.29. The van der Waals surface area contributed by atoms with E-state index in [1.54, 1.807) is 0 Å². The molecule has 4 unspecified atom stereocenters. The molecule has 0 aromatic rings. The molecule has 2 rings (SSSR count). The molecule has 2 N–H and O–H groups in total. The third kappa shape index (κ3) is 4.73. The fraction of sp³-hybridized carbons (Fsp3) is 1.00. The minimum absolute atomic E-state index is 0.364. The Morgan fingerprint density at radius 3 is 2.53 bits per heavy atom. The average molecular weight is 269 g/mol. The molecular weight excluding hydrogens is 238 g/mol. The van der Waals surface area contributed by atoms with E-state index in [9.17, 15) is 5.11 Å². The molecule has 0 spiro atoms. The molecule has 0 bridgehead atoms. The molecule has 19 heavy (non-hydrogen) atoms. The van der Waals surface area contributed by atoms with E-state index in [0.29, 0.717) is 31.2 Å². The molecule has 3 heteroatoms. The van der Waals surface area contributed by atoms with Gasteiger partial charge < -0.3 is 15.2 Å². The first kappa shape index (κ1) is 15.3. The summed E-state index contributed by atoms with van der Waals surface area (Å²) in [6.45, 7) is 5.66. The minimum atomic E-state index is -0.364. The molecule has 0 aromatic heterocycles. The first-order valence-electron chi connectivity index (χ1n) is 8.20. The monoisotopic (exact) mass is 269 g/mol. The van der Waals surface area contributed by atoms with Gasteiger partial charge in [0.15, 0.2) is 0 Å². The highest BCUT2D eigenvalue weighted by Gasteiger charge is 2.25. The van der Waals surface area contributed by atoms with Crippen LogP contribution in [0.15, 0.2) is 0 Å². The summed E-state index contributed by atoms with van der Waals surface area (Å²) in [7, 11) is 0. The summed E-state index contributed by atoms with van der Waals surface area (Å²) < 4.78 is 5.90. The van der Waals surface area contributed by atoms with Crippen LogP contribution in [0.3, 0.4) is 0 Å². The lowest BCUT2D eigenvalue weighted by atomic mass is 9.80. The smallest absolute Gasteiger partial charge is 0.0897 e. The molecule has 0 amide bonds. The summed E-state index contributed by atoms with van der Waals surface area (Å²) in [5, 5.41) is 13.5. The van der Waals surface area contributed by atoms with E-state index in [1.165, 1.54) is 44.9 Å². The Hall–Kier alpha value is -0.120. The number of aliphatic hydroxyl groups excluding tert-OH is 1. The first-order chi connectivity index (χ1) is 9.16. The van der Waals surface area contributed by atoms with Gasteiger partial charge in [0.1, 0.15) is 0 Å². The molecule has 2 aliphatic rings. The van der Waals surface area contributed by atoms with Gasteiger partial charge in [0, 0.05) is 12.6 Å². The SMILES string of the molecule is CC1CCCCC1OCC(O)CNC(C)C1CCC1. The van der Waals surface area contributed by atoms with E-state index in [-0.39, 0.29) is 6.10 Å². The van der Waals surface area contributed by atoms with Crippen LogP contribution in [0.4, 0.5) is 0 Å². The quantitative estimate of drug-likeness (QED) is 0.746. The van der Waals surface area contributed by atoms with E-state index >= 15 is 0 Å². The standard InChI is InChI=1S/C16H31NO2/c1-12-6-3-4-9-16(12)19-11-15(18)10-17-13(2)14-7-5-8-14/h12-18H,3-11H2,1-2H3. The van der Waals surface area contributed by atoms with Crippen LogP contribution in [0.25, 0.3) is 0 Å². The molecule has 0 radical (unpaired) electrons. The van der Waals surface area contributed by atoms with Crippen LogP contribution in [0.2, 0.25) is 0 Å². The molecule has 0 aliphatic heterocycles. The summed E-state index contributed by atoms with van der Waals surface area (Å²) in [5.41, 5.74) is 0. The van der Waals surface area contributed by atoms with Gasteiger partial charge in [-0.05, 0) is 44.4 Å². The molecule has 2 fully saturated rings. The Labute approximate surface area is 118 Å². The summed E-state index contributed by atoms with van der Waals surface area (Å²) in [4.78, 5) is 0. The van der Waals surface area contributed by atoms with Crippen molar-refractivity contribution in [2.75, 3.05) is 13.2 Å². The number of nitrogens with one attached hydrogen (secondary N) is 1. The maximum absolute atomic E-state index is 10.00. The number of hydrogen-bond donors (Lipinski definition) is 2. The van der Waals surface area contributed by atoms with Gasteiger partial charge in [0.05, 0.1) is 18.8 Å². The largest absolute Gasteiger partial charge is 0.389 e. The topological polar surface area (TPSA) is 41.5 Å². The first-order valence-corrected chi connectivity index (χ1v) is 8.20. The highest BCUT2D eigenvalue weighted by atomic mass is 16.5. The zero-order valence-electron chi connectivity index (χ0n) is 12.6. The van der Waals surface area contributed by atoms with Crippen LogP contribution in [0.5, 0.6) is 0 Å². The van der Waals surface area contributed by atoms with Crippen LogP contribution >= 0.6 is 0 Å². The zero-order chi connectivity index (χ0) is 13.7. The Bertz CT molecular complexity index is 255. The second-order valence-corrected chi connectivity index (χ2v) is 6.68. The van der Waals surface area contributed by atoms with Crippen molar-refractivity contribution in [2.24, 2.45) is 11.8 Å². The van der Waals surface area contributed by atoms with E-state index in [4.69, 9.17) is 4.74 Å². The second-order valence-electron chi connectivity index (χ2n) is 6.68. The van der Waals surface area contributed by atoms with Gasteiger partial charge in [0.2, 0.25) is 0 Å². The summed E-state index contributed by atoms with van der Waals surface area (Å²) >= 11 is 0. The predicted molar refractivity (Wildman–Crippen MR) is 78.2 cm³/mol. The van der Waals surface area contributed by atoms with Crippen molar-refractivity contribution < 1.29 is 9.84 Å². The lowest BCUT2D eigenvalue weighted by Crippen LogP contribution is -2.42. The van der Waals surface area contributed by atoms with Crippen LogP contribution in [0, 0.1) is 11.8 Å². The molecule has 2 aliphatic carbocycles. The minimum Gasteiger partial charge on any atom is -0.389 e.